The van der Waals surface area contributed by atoms with Crippen LogP contribution in [0.2, 0.25) is 5.04 Å². The molecule has 1 saturated heterocycles. The van der Waals surface area contributed by atoms with Crippen molar-refractivity contribution >= 4 is 36.4 Å². The lowest BCUT2D eigenvalue weighted by atomic mass is 10.2. The summed E-state index contributed by atoms with van der Waals surface area (Å²) in [7, 11) is -2.57. The number of carbonyl (C=O) groups is 1. The molecule has 0 amide bonds. The summed E-state index contributed by atoms with van der Waals surface area (Å²) in [5.41, 5.74) is -0.406. The molecule has 2 aromatic rings. The van der Waals surface area contributed by atoms with Crippen molar-refractivity contribution in [2.75, 3.05) is 13.2 Å². The Morgan fingerprint density at radius 3 is 2.07 bits per heavy atom. The Balaban J connectivity index is 1.90. The normalized spacial score (nSPS) is 20.1. The second-order valence-electron chi connectivity index (χ2n) is 7.91. The first kappa shape index (κ1) is 21.1. The monoisotopic (exact) mass is 416 g/mol. The number of hydrogen-bond acceptors (Lipinski definition) is 5. The minimum Gasteiger partial charge on any atom is -0.449 e. The first-order valence-corrected chi connectivity index (χ1v) is 12.4. The molecular weight excluding hydrogens is 388 g/mol. The standard InChI is InChI=1S/C22H28O4SSi/c1-17(23)26-21-15-24-20(27-21)16-25-28(22(2,3)4,18-11-7-5-8-12-18)19-13-9-6-10-14-19/h5-14,20-21H,15-16H2,1-4H3/t20-,21?/m0/s1. The van der Waals surface area contributed by atoms with Gasteiger partial charge in [0.15, 0.2) is 5.44 Å². The number of esters is 1. The molecule has 150 valence electrons. The maximum absolute atomic E-state index is 11.2. The van der Waals surface area contributed by atoms with Gasteiger partial charge in [0.25, 0.3) is 8.32 Å². The summed E-state index contributed by atoms with van der Waals surface area (Å²) in [6, 6.07) is 21.1. The quantitative estimate of drug-likeness (QED) is 0.532. The lowest BCUT2D eigenvalue weighted by Crippen LogP contribution is -2.67. The van der Waals surface area contributed by atoms with E-state index in [9.17, 15) is 4.79 Å². The van der Waals surface area contributed by atoms with E-state index in [2.05, 4.69) is 69.3 Å². The Morgan fingerprint density at radius 2 is 1.61 bits per heavy atom. The number of ether oxygens (including phenoxy) is 2. The predicted molar refractivity (Wildman–Crippen MR) is 116 cm³/mol. The van der Waals surface area contributed by atoms with E-state index in [4.69, 9.17) is 13.9 Å². The van der Waals surface area contributed by atoms with Gasteiger partial charge in [-0.15, -0.1) is 0 Å². The minimum atomic E-state index is -2.57. The lowest BCUT2D eigenvalue weighted by molar-refractivity contribution is -0.143. The fraction of sp³-hybridized carbons (Fsp3) is 0.409. The Hall–Kier alpha value is -1.60. The number of rotatable bonds is 6. The Kier molecular flexibility index (Phi) is 6.65. The zero-order valence-electron chi connectivity index (χ0n) is 16.9. The molecule has 0 aromatic heterocycles. The molecule has 0 N–H and O–H groups in total. The molecule has 1 aliphatic rings. The van der Waals surface area contributed by atoms with Gasteiger partial charge in [0, 0.05) is 6.92 Å². The molecule has 3 rings (SSSR count). The van der Waals surface area contributed by atoms with Crippen LogP contribution in [0.1, 0.15) is 27.7 Å². The van der Waals surface area contributed by atoms with Crippen LogP contribution >= 0.6 is 11.8 Å². The van der Waals surface area contributed by atoms with Crippen LogP contribution in [0, 0.1) is 0 Å². The second kappa shape index (κ2) is 8.82. The van der Waals surface area contributed by atoms with Crippen LogP contribution in [-0.2, 0) is 18.7 Å². The first-order chi connectivity index (χ1) is 13.3. The zero-order valence-corrected chi connectivity index (χ0v) is 18.7. The minimum absolute atomic E-state index is 0.0751. The number of thioether (sulfide) groups is 1. The fourth-order valence-corrected chi connectivity index (χ4v) is 9.39. The number of carbonyl (C=O) groups excluding carboxylic acids is 1. The van der Waals surface area contributed by atoms with Crippen molar-refractivity contribution in [2.24, 2.45) is 0 Å². The SMILES string of the molecule is CC(=O)OC1CO[C@H](CO[Si](c2ccccc2)(c2ccccc2)C(C)(C)C)S1. The third-order valence-corrected chi connectivity index (χ3v) is 11.0. The van der Waals surface area contributed by atoms with Gasteiger partial charge in [-0.25, -0.2) is 0 Å². The zero-order chi connectivity index (χ0) is 20.2. The summed E-state index contributed by atoms with van der Waals surface area (Å²) in [5.74, 6) is -0.283. The van der Waals surface area contributed by atoms with Crippen LogP contribution in [0.5, 0.6) is 0 Å². The highest BCUT2D eigenvalue weighted by Gasteiger charge is 2.50. The van der Waals surface area contributed by atoms with Gasteiger partial charge in [0.1, 0.15) is 5.44 Å². The Morgan fingerprint density at radius 1 is 1.07 bits per heavy atom. The van der Waals surface area contributed by atoms with Crippen LogP contribution in [0.25, 0.3) is 0 Å². The molecule has 0 saturated carbocycles. The maximum atomic E-state index is 11.2. The van der Waals surface area contributed by atoms with Gasteiger partial charge in [0.05, 0.1) is 13.2 Å². The van der Waals surface area contributed by atoms with Gasteiger partial charge in [-0.3, -0.25) is 4.79 Å². The summed E-state index contributed by atoms with van der Waals surface area (Å²) in [6.07, 6.45) is 0. The largest absolute Gasteiger partial charge is 0.449 e. The van der Waals surface area contributed by atoms with Crippen LogP contribution in [0.15, 0.2) is 60.7 Å². The average Bonchev–Trinajstić information content (AvgIpc) is 3.09. The highest BCUT2D eigenvalue weighted by atomic mass is 32.2. The number of benzene rings is 2. The molecule has 6 heteroatoms. The molecule has 2 aromatic carbocycles. The number of hydrogen-bond donors (Lipinski definition) is 0. The molecule has 1 heterocycles. The van der Waals surface area contributed by atoms with Crippen molar-refractivity contribution in [3.05, 3.63) is 60.7 Å². The summed E-state index contributed by atoms with van der Waals surface area (Å²) in [6.45, 7) is 9.04. The van der Waals surface area contributed by atoms with Gasteiger partial charge >= 0.3 is 5.97 Å². The summed E-state index contributed by atoms with van der Waals surface area (Å²) in [4.78, 5) is 11.2. The van der Waals surface area contributed by atoms with Crippen LogP contribution in [-0.4, -0.2) is 38.4 Å². The topological polar surface area (TPSA) is 44.8 Å². The third kappa shape index (κ3) is 4.51. The summed E-state index contributed by atoms with van der Waals surface area (Å²) < 4.78 is 18.0. The van der Waals surface area contributed by atoms with Crippen molar-refractivity contribution in [2.45, 2.75) is 43.6 Å². The van der Waals surface area contributed by atoms with Crippen molar-refractivity contribution in [3.8, 4) is 0 Å². The highest BCUT2D eigenvalue weighted by molar-refractivity contribution is 8.00. The van der Waals surface area contributed by atoms with E-state index in [1.54, 1.807) is 0 Å². The molecule has 28 heavy (non-hydrogen) atoms. The van der Waals surface area contributed by atoms with Gasteiger partial charge in [0.2, 0.25) is 0 Å². The maximum Gasteiger partial charge on any atom is 0.303 e. The van der Waals surface area contributed by atoms with E-state index in [0.717, 1.165) is 0 Å². The molecule has 0 bridgehead atoms. The van der Waals surface area contributed by atoms with Crippen LogP contribution in [0.3, 0.4) is 0 Å². The van der Waals surface area contributed by atoms with Crippen molar-refractivity contribution in [1.82, 2.24) is 0 Å². The fourth-order valence-electron chi connectivity index (χ4n) is 3.72. The van der Waals surface area contributed by atoms with Gasteiger partial charge in [-0.05, 0) is 15.4 Å². The van der Waals surface area contributed by atoms with Gasteiger partial charge < -0.3 is 13.9 Å². The van der Waals surface area contributed by atoms with Crippen molar-refractivity contribution in [3.63, 3.8) is 0 Å². The van der Waals surface area contributed by atoms with Crippen LogP contribution in [0.4, 0.5) is 0 Å². The molecule has 0 aliphatic carbocycles. The Labute approximate surface area is 172 Å². The average molecular weight is 417 g/mol. The third-order valence-electron chi connectivity index (χ3n) is 4.87. The molecule has 1 unspecified atom stereocenters. The Bertz CT molecular complexity index is 737. The second-order valence-corrected chi connectivity index (χ2v) is 13.5. The van der Waals surface area contributed by atoms with E-state index in [-0.39, 0.29) is 21.9 Å². The van der Waals surface area contributed by atoms with E-state index in [1.807, 2.05) is 12.1 Å². The smallest absolute Gasteiger partial charge is 0.303 e. The van der Waals surface area contributed by atoms with E-state index < -0.39 is 8.32 Å². The molecule has 0 spiro atoms. The molecule has 0 radical (unpaired) electrons. The van der Waals surface area contributed by atoms with Gasteiger partial charge in [-0.1, -0.05) is 93.2 Å². The first-order valence-electron chi connectivity index (χ1n) is 9.52. The van der Waals surface area contributed by atoms with Crippen molar-refractivity contribution in [1.29, 1.82) is 0 Å². The molecule has 4 nitrogen and oxygen atoms in total. The summed E-state index contributed by atoms with van der Waals surface area (Å²) >= 11 is 1.51. The van der Waals surface area contributed by atoms with Crippen molar-refractivity contribution < 1.29 is 18.7 Å². The molecule has 2 atom stereocenters. The lowest BCUT2D eigenvalue weighted by Gasteiger charge is -2.43. The molecule has 1 aliphatic heterocycles. The van der Waals surface area contributed by atoms with E-state index in [1.165, 1.54) is 29.1 Å². The van der Waals surface area contributed by atoms with E-state index in [0.29, 0.717) is 13.2 Å². The summed E-state index contributed by atoms with van der Waals surface area (Å²) in [5, 5.41) is 2.41. The molecule has 1 fully saturated rings. The van der Waals surface area contributed by atoms with Crippen LogP contribution < -0.4 is 10.4 Å². The predicted octanol–water partition coefficient (Wildman–Crippen LogP) is 3.54. The van der Waals surface area contributed by atoms with Gasteiger partial charge in [-0.2, -0.15) is 0 Å². The van der Waals surface area contributed by atoms with E-state index >= 15 is 0 Å². The highest BCUT2D eigenvalue weighted by Crippen LogP contribution is 2.38. The molecular formula is C22H28O4SSi.